The Morgan fingerprint density at radius 1 is 1.15 bits per heavy atom. The lowest BCUT2D eigenvalue weighted by Gasteiger charge is -2.26. The van der Waals surface area contributed by atoms with Crippen LogP contribution in [0.2, 0.25) is 0 Å². The molecule has 1 unspecified atom stereocenters. The van der Waals surface area contributed by atoms with Crippen molar-refractivity contribution in [1.82, 2.24) is 0 Å². The van der Waals surface area contributed by atoms with E-state index in [1.165, 1.54) is 16.8 Å². The molecule has 27 heavy (non-hydrogen) atoms. The van der Waals surface area contributed by atoms with Crippen LogP contribution < -0.4 is 16.0 Å². The first-order valence-corrected chi connectivity index (χ1v) is 9.77. The number of fused-ring (bicyclic) bond motifs is 1. The van der Waals surface area contributed by atoms with E-state index in [2.05, 4.69) is 46.6 Å². The molecule has 0 aromatic heterocycles. The Hall–Kier alpha value is -2.37. The zero-order chi connectivity index (χ0) is 18.6. The summed E-state index contributed by atoms with van der Waals surface area (Å²) in [5.74, 6) is 0.0939. The van der Waals surface area contributed by atoms with E-state index in [0.717, 1.165) is 38.0 Å². The minimum Gasteiger partial charge on any atom is -0.381 e. The molecule has 142 valence electrons. The number of nitrogens with zero attached hydrogens (tertiary/aromatic N) is 1. The van der Waals surface area contributed by atoms with Crippen molar-refractivity contribution in [3.63, 3.8) is 0 Å². The molecule has 1 atom stereocenters. The van der Waals surface area contributed by atoms with Gasteiger partial charge in [-0.2, -0.15) is 0 Å². The smallest absolute Gasteiger partial charge is 0.241 e. The molecule has 0 spiro atoms. The molecule has 2 aliphatic rings. The van der Waals surface area contributed by atoms with Crippen molar-refractivity contribution in [1.29, 1.82) is 0 Å². The van der Waals surface area contributed by atoms with Crippen molar-refractivity contribution in [2.75, 3.05) is 30.0 Å². The first-order chi connectivity index (χ1) is 13.2. The summed E-state index contributed by atoms with van der Waals surface area (Å²) >= 11 is 0. The van der Waals surface area contributed by atoms with Gasteiger partial charge in [0.1, 0.15) is 0 Å². The van der Waals surface area contributed by atoms with Gasteiger partial charge in [-0.25, -0.2) is 0 Å². The zero-order valence-electron chi connectivity index (χ0n) is 15.6. The van der Waals surface area contributed by atoms with Gasteiger partial charge in [0.2, 0.25) is 5.91 Å². The summed E-state index contributed by atoms with van der Waals surface area (Å²) in [5, 5.41) is 2.96. The maximum atomic E-state index is 12.4. The number of rotatable bonds is 5. The number of para-hydroxylation sites is 1. The molecule has 1 fully saturated rings. The Morgan fingerprint density at radius 3 is 2.67 bits per heavy atom. The zero-order valence-corrected chi connectivity index (χ0v) is 15.6. The third-order valence-electron chi connectivity index (χ3n) is 5.65. The van der Waals surface area contributed by atoms with Crippen LogP contribution in [0.4, 0.5) is 11.4 Å². The second-order valence-electron chi connectivity index (χ2n) is 7.46. The molecule has 0 saturated carbocycles. The Bertz CT molecular complexity index is 784. The van der Waals surface area contributed by atoms with E-state index in [9.17, 15) is 4.79 Å². The van der Waals surface area contributed by atoms with E-state index in [0.29, 0.717) is 13.2 Å². The quantitative estimate of drug-likeness (QED) is 0.855. The van der Waals surface area contributed by atoms with Crippen molar-refractivity contribution in [3.8, 4) is 0 Å². The molecule has 0 aliphatic carbocycles. The molecular formula is C22H27N3O2. The standard InChI is InChI=1S/C22H27N3O2/c23-21(18-10-13-27-14-11-18)22(26)24-19-7-5-16(6-8-19)15-25-12-9-17-3-1-2-4-20(17)25/h1-8,18,21H,9-15,23H2,(H,24,26). The van der Waals surface area contributed by atoms with Gasteiger partial charge in [0.25, 0.3) is 0 Å². The van der Waals surface area contributed by atoms with Crippen LogP contribution in [0.1, 0.15) is 24.0 Å². The molecule has 0 bridgehead atoms. The number of hydrogen-bond acceptors (Lipinski definition) is 4. The van der Waals surface area contributed by atoms with Crippen LogP contribution in [0.25, 0.3) is 0 Å². The normalized spacial score (nSPS) is 18.2. The largest absolute Gasteiger partial charge is 0.381 e. The highest BCUT2D eigenvalue weighted by molar-refractivity contribution is 5.94. The van der Waals surface area contributed by atoms with E-state index in [1.807, 2.05) is 12.1 Å². The molecular weight excluding hydrogens is 338 g/mol. The summed E-state index contributed by atoms with van der Waals surface area (Å²) < 4.78 is 5.35. The Labute approximate surface area is 160 Å². The number of nitrogens with one attached hydrogen (secondary N) is 1. The number of amides is 1. The van der Waals surface area contributed by atoms with Crippen LogP contribution in [0.15, 0.2) is 48.5 Å². The van der Waals surface area contributed by atoms with Crippen molar-refractivity contribution < 1.29 is 9.53 Å². The van der Waals surface area contributed by atoms with Gasteiger partial charge < -0.3 is 20.7 Å². The summed E-state index contributed by atoms with van der Waals surface area (Å²) in [6.45, 7) is 3.32. The minimum atomic E-state index is -0.477. The lowest BCUT2D eigenvalue weighted by molar-refractivity contribution is -0.119. The third-order valence-corrected chi connectivity index (χ3v) is 5.65. The fourth-order valence-corrected chi connectivity index (χ4v) is 4.00. The topological polar surface area (TPSA) is 67.6 Å². The Morgan fingerprint density at radius 2 is 1.89 bits per heavy atom. The molecule has 2 aromatic carbocycles. The molecule has 5 heteroatoms. The first-order valence-electron chi connectivity index (χ1n) is 9.77. The second kappa shape index (κ2) is 8.11. The SMILES string of the molecule is NC(C(=O)Nc1ccc(CN2CCc3ccccc32)cc1)C1CCOCC1. The molecule has 2 aromatic rings. The van der Waals surface area contributed by atoms with Crippen molar-refractivity contribution in [2.45, 2.75) is 31.8 Å². The third kappa shape index (κ3) is 4.15. The van der Waals surface area contributed by atoms with Gasteiger partial charge in [-0.05, 0) is 54.5 Å². The van der Waals surface area contributed by atoms with Crippen LogP contribution in [0.3, 0.4) is 0 Å². The monoisotopic (exact) mass is 365 g/mol. The van der Waals surface area contributed by atoms with E-state index < -0.39 is 6.04 Å². The predicted molar refractivity (Wildman–Crippen MR) is 108 cm³/mol. The first kappa shape index (κ1) is 18.0. The summed E-state index contributed by atoms with van der Waals surface area (Å²) in [7, 11) is 0. The highest BCUT2D eigenvalue weighted by Gasteiger charge is 2.26. The van der Waals surface area contributed by atoms with Crippen LogP contribution in [0, 0.1) is 5.92 Å². The van der Waals surface area contributed by atoms with E-state index in [4.69, 9.17) is 10.5 Å². The summed E-state index contributed by atoms with van der Waals surface area (Å²) in [6, 6.07) is 16.2. The van der Waals surface area contributed by atoms with Crippen LogP contribution in [0.5, 0.6) is 0 Å². The second-order valence-corrected chi connectivity index (χ2v) is 7.46. The summed E-state index contributed by atoms with van der Waals surface area (Å²) in [6.07, 6.45) is 2.81. The van der Waals surface area contributed by atoms with Gasteiger partial charge in [-0.15, -0.1) is 0 Å². The molecule has 1 saturated heterocycles. The number of hydrogen-bond donors (Lipinski definition) is 2. The van der Waals surface area contributed by atoms with Crippen molar-refractivity contribution in [3.05, 3.63) is 59.7 Å². The maximum absolute atomic E-state index is 12.4. The highest BCUT2D eigenvalue weighted by atomic mass is 16.5. The molecule has 3 N–H and O–H groups in total. The Kier molecular flexibility index (Phi) is 5.41. The fraction of sp³-hybridized carbons (Fsp3) is 0.409. The molecule has 2 aliphatic heterocycles. The predicted octanol–water partition coefficient (Wildman–Crippen LogP) is 2.94. The average Bonchev–Trinajstić information content (AvgIpc) is 3.12. The van der Waals surface area contributed by atoms with Gasteiger partial charge in [-0.3, -0.25) is 4.79 Å². The lowest BCUT2D eigenvalue weighted by Crippen LogP contribution is -2.44. The number of ether oxygens (including phenoxy) is 1. The minimum absolute atomic E-state index is 0.108. The van der Waals surface area contributed by atoms with Gasteiger partial charge in [0, 0.05) is 37.7 Å². The van der Waals surface area contributed by atoms with Gasteiger partial charge in [-0.1, -0.05) is 30.3 Å². The molecule has 1 amide bonds. The number of nitrogens with two attached hydrogens (primary N) is 1. The summed E-state index contributed by atoms with van der Waals surface area (Å²) in [5.41, 5.74) is 10.9. The van der Waals surface area contributed by atoms with Crippen molar-refractivity contribution in [2.24, 2.45) is 11.7 Å². The molecule has 0 radical (unpaired) electrons. The van der Waals surface area contributed by atoms with Crippen LogP contribution in [-0.4, -0.2) is 31.7 Å². The Balaban J connectivity index is 1.34. The van der Waals surface area contributed by atoms with Crippen LogP contribution in [-0.2, 0) is 22.5 Å². The van der Waals surface area contributed by atoms with Crippen LogP contribution >= 0.6 is 0 Å². The fourth-order valence-electron chi connectivity index (χ4n) is 4.00. The summed E-state index contributed by atoms with van der Waals surface area (Å²) in [4.78, 5) is 14.8. The van der Waals surface area contributed by atoms with Gasteiger partial charge in [0.15, 0.2) is 0 Å². The number of carbonyl (C=O) groups excluding carboxylic acids is 1. The van der Waals surface area contributed by atoms with E-state index in [-0.39, 0.29) is 11.8 Å². The lowest BCUT2D eigenvalue weighted by atomic mass is 9.92. The number of anilines is 2. The highest BCUT2D eigenvalue weighted by Crippen LogP contribution is 2.29. The van der Waals surface area contributed by atoms with E-state index in [1.54, 1.807) is 0 Å². The van der Waals surface area contributed by atoms with Crippen molar-refractivity contribution >= 4 is 17.3 Å². The molecule has 5 nitrogen and oxygen atoms in total. The average molecular weight is 365 g/mol. The maximum Gasteiger partial charge on any atom is 0.241 e. The number of benzene rings is 2. The molecule has 2 heterocycles. The van der Waals surface area contributed by atoms with E-state index >= 15 is 0 Å². The molecule has 4 rings (SSSR count). The number of carbonyl (C=O) groups is 1. The van der Waals surface area contributed by atoms with Gasteiger partial charge in [0.05, 0.1) is 6.04 Å². The van der Waals surface area contributed by atoms with Gasteiger partial charge >= 0.3 is 0 Å².